The van der Waals surface area contributed by atoms with Crippen LogP contribution in [0.15, 0.2) is 35.2 Å². The Morgan fingerprint density at radius 3 is 2.89 bits per heavy atom. The van der Waals surface area contributed by atoms with Gasteiger partial charge in [0.05, 0.1) is 5.75 Å². The summed E-state index contributed by atoms with van der Waals surface area (Å²) in [4.78, 5) is 8.94. The number of aromatic nitrogens is 2. The molecule has 2 aromatic rings. The van der Waals surface area contributed by atoms with E-state index in [0.29, 0.717) is 4.64 Å². The normalized spacial score (nSPS) is 10.6. The van der Waals surface area contributed by atoms with Gasteiger partial charge in [-0.3, -0.25) is 0 Å². The molecule has 0 atom stereocenters. The largest absolute Gasteiger partial charge is 0.346 e. The van der Waals surface area contributed by atoms with E-state index >= 15 is 0 Å². The molecule has 0 aliphatic heterocycles. The molecule has 0 fully saturated rings. The molecule has 0 saturated carbocycles. The number of rotatable bonds is 4. The Morgan fingerprint density at radius 2 is 2.17 bits per heavy atom. The van der Waals surface area contributed by atoms with Crippen LogP contribution in [0, 0.1) is 11.6 Å². The van der Waals surface area contributed by atoms with Crippen LogP contribution in [0.5, 0.6) is 0 Å². The first-order chi connectivity index (χ1) is 8.67. The molecule has 18 heavy (non-hydrogen) atoms. The van der Waals surface area contributed by atoms with Gasteiger partial charge in [-0.15, -0.1) is 11.8 Å². The van der Waals surface area contributed by atoms with Crippen molar-refractivity contribution < 1.29 is 0 Å². The summed E-state index contributed by atoms with van der Waals surface area (Å²) in [5, 5.41) is 0. The number of hydrogen-bond acceptors (Lipinski definition) is 3. The molecule has 1 N–H and O–H groups in total. The molecule has 1 aromatic carbocycles. The lowest BCUT2D eigenvalue weighted by molar-refractivity contribution is 0.933. The predicted octanol–water partition coefficient (Wildman–Crippen LogP) is 4.30. The Hall–Kier alpha value is -1.13. The monoisotopic (exact) mass is 276 g/mol. The quantitative estimate of drug-likeness (QED) is 0.666. The number of nitrogens with one attached hydrogen (secondary N) is 1. The zero-order chi connectivity index (χ0) is 13.0. The van der Waals surface area contributed by atoms with Gasteiger partial charge in [-0.25, -0.2) is 4.98 Å². The van der Waals surface area contributed by atoms with E-state index in [-0.39, 0.29) is 0 Å². The maximum absolute atomic E-state index is 5.16. The Bertz CT molecular complexity index is 590. The smallest absolute Gasteiger partial charge is 0.130 e. The molecule has 2 nitrogen and oxygen atoms in total. The van der Waals surface area contributed by atoms with E-state index in [2.05, 4.69) is 48.1 Å². The molecule has 0 aliphatic carbocycles. The van der Waals surface area contributed by atoms with Crippen molar-refractivity contribution in [1.29, 1.82) is 0 Å². The Morgan fingerprint density at radius 1 is 1.33 bits per heavy atom. The van der Waals surface area contributed by atoms with Crippen molar-refractivity contribution in [2.24, 2.45) is 0 Å². The van der Waals surface area contributed by atoms with Crippen LogP contribution < -0.4 is 0 Å². The first-order valence-electron chi connectivity index (χ1n) is 5.96. The minimum Gasteiger partial charge on any atom is -0.346 e. The van der Waals surface area contributed by atoms with Crippen molar-refractivity contribution in [2.45, 2.75) is 30.9 Å². The molecule has 0 amide bonds. The molecule has 4 heteroatoms. The van der Waals surface area contributed by atoms with Gasteiger partial charge < -0.3 is 4.98 Å². The SMILES string of the molecule is CCc1cc(=S)nc(CSc2cccc(C)c2)[nH]1. The van der Waals surface area contributed by atoms with Gasteiger partial charge in [0.25, 0.3) is 0 Å². The molecule has 1 aromatic heterocycles. The van der Waals surface area contributed by atoms with E-state index in [1.54, 1.807) is 11.8 Å². The van der Waals surface area contributed by atoms with E-state index in [1.807, 2.05) is 6.07 Å². The molecule has 0 saturated heterocycles. The standard InChI is InChI=1S/C14H16N2S2/c1-3-11-8-14(17)16-13(15-11)9-18-12-6-4-5-10(2)7-12/h4-8H,3,9H2,1-2H3,(H,15,16,17). The van der Waals surface area contributed by atoms with E-state index in [1.165, 1.54) is 10.5 Å². The van der Waals surface area contributed by atoms with Gasteiger partial charge in [0.2, 0.25) is 0 Å². The van der Waals surface area contributed by atoms with E-state index in [9.17, 15) is 0 Å². The number of hydrogen-bond donors (Lipinski definition) is 1. The summed E-state index contributed by atoms with van der Waals surface area (Å²) in [7, 11) is 0. The highest BCUT2D eigenvalue weighted by Crippen LogP contribution is 2.22. The summed E-state index contributed by atoms with van der Waals surface area (Å²) in [5.41, 5.74) is 2.43. The van der Waals surface area contributed by atoms with Gasteiger partial charge >= 0.3 is 0 Å². The zero-order valence-electron chi connectivity index (χ0n) is 10.6. The number of thioether (sulfide) groups is 1. The molecular formula is C14H16N2S2. The number of nitrogens with zero attached hydrogens (tertiary/aromatic N) is 1. The third kappa shape index (κ3) is 3.68. The highest BCUT2D eigenvalue weighted by Gasteiger charge is 2.00. The minimum atomic E-state index is 0.672. The van der Waals surface area contributed by atoms with Crippen LogP contribution in [0.25, 0.3) is 0 Å². The topological polar surface area (TPSA) is 28.7 Å². The van der Waals surface area contributed by atoms with Crippen molar-refractivity contribution in [3.8, 4) is 0 Å². The summed E-state index contributed by atoms with van der Waals surface area (Å²) >= 11 is 6.94. The maximum atomic E-state index is 5.16. The second-order valence-electron chi connectivity index (χ2n) is 4.15. The van der Waals surface area contributed by atoms with E-state index in [0.717, 1.165) is 23.7 Å². The van der Waals surface area contributed by atoms with Crippen LogP contribution in [0.3, 0.4) is 0 Å². The Balaban J connectivity index is 2.10. The van der Waals surface area contributed by atoms with Gasteiger partial charge in [-0.05, 0) is 31.5 Å². The highest BCUT2D eigenvalue weighted by atomic mass is 32.2. The van der Waals surface area contributed by atoms with Crippen LogP contribution >= 0.6 is 24.0 Å². The third-order valence-electron chi connectivity index (χ3n) is 2.59. The fourth-order valence-electron chi connectivity index (χ4n) is 1.68. The molecule has 2 rings (SSSR count). The first kappa shape index (κ1) is 13.3. The third-order valence-corrected chi connectivity index (χ3v) is 3.81. The lowest BCUT2D eigenvalue weighted by atomic mass is 10.2. The summed E-state index contributed by atoms with van der Waals surface area (Å²) in [5.74, 6) is 1.77. The average molecular weight is 276 g/mol. The van der Waals surface area contributed by atoms with Gasteiger partial charge in [-0.1, -0.05) is 36.8 Å². The molecule has 0 aliphatic rings. The second-order valence-corrected chi connectivity index (χ2v) is 5.62. The van der Waals surface area contributed by atoms with Gasteiger partial charge in [0.1, 0.15) is 10.5 Å². The van der Waals surface area contributed by atoms with E-state index < -0.39 is 0 Å². The van der Waals surface area contributed by atoms with Crippen LogP contribution in [0.2, 0.25) is 0 Å². The molecule has 0 bridgehead atoms. The molecular weight excluding hydrogens is 260 g/mol. The number of aryl methyl sites for hydroxylation is 2. The van der Waals surface area contributed by atoms with Crippen molar-refractivity contribution in [3.63, 3.8) is 0 Å². The fourth-order valence-corrected chi connectivity index (χ4v) is 2.82. The maximum Gasteiger partial charge on any atom is 0.130 e. The van der Waals surface area contributed by atoms with Gasteiger partial charge in [-0.2, -0.15) is 0 Å². The van der Waals surface area contributed by atoms with Crippen LogP contribution in [0.1, 0.15) is 24.0 Å². The van der Waals surface area contributed by atoms with Crippen LogP contribution in [-0.2, 0) is 12.2 Å². The molecule has 0 spiro atoms. The van der Waals surface area contributed by atoms with E-state index in [4.69, 9.17) is 12.2 Å². The van der Waals surface area contributed by atoms with Crippen molar-refractivity contribution in [1.82, 2.24) is 9.97 Å². The molecule has 1 heterocycles. The molecule has 0 radical (unpaired) electrons. The lowest BCUT2D eigenvalue weighted by Crippen LogP contribution is -1.97. The number of benzene rings is 1. The summed E-state index contributed by atoms with van der Waals surface area (Å²) < 4.78 is 0.672. The molecule has 94 valence electrons. The Labute approximate surface area is 117 Å². The highest BCUT2D eigenvalue weighted by molar-refractivity contribution is 7.98. The first-order valence-corrected chi connectivity index (χ1v) is 7.35. The van der Waals surface area contributed by atoms with Crippen molar-refractivity contribution in [2.75, 3.05) is 0 Å². The predicted molar refractivity (Wildman–Crippen MR) is 79.5 cm³/mol. The van der Waals surface area contributed by atoms with Gasteiger partial charge in [0.15, 0.2) is 0 Å². The summed E-state index contributed by atoms with van der Waals surface area (Å²) in [6.07, 6.45) is 0.953. The average Bonchev–Trinajstić information content (AvgIpc) is 2.36. The minimum absolute atomic E-state index is 0.672. The van der Waals surface area contributed by atoms with Gasteiger partial charge in [0, 0.05) is 10.6 Å². The number of H-pyrrole nitrogens is 1. The zero-order valence-corrected chi connectivity index (χ0v) is 12.2. The van der Waals surface area contributed by atoms with Crippen LogP contribution in [-0.4, -0.2) is 9.97 Å². The van der Waals surface area contributed by atoms with Crippen LogP contribution in [0.4, 0.5) is 0 Å². The second kappa shape index (κ2) is 6.16. The fraction of sp³-hybridized carbons (Fsp3) is 0.286. The molecule has 0 unspecified atom stereocenters. The van der Waals surface area contributed by atoms with Crippen molar-refractivity contribution in [3.05, 3.63) is 52.1 Å². The summed E-state index contributed by atoms with van der Waals surface area (Å²) in [6.45, 7) is 4.21. The number of aromatic amines is 1. The lowest BCUT2D eigenvalue weighted by Gasteiger charge is -2.05. The summed E-state index contributed by atoms with van der Waals surface area (Å²) in [6, 6.07) is 10.4. The Kier molecular flexibility index (Phi) is 4.55. The van der Waals surface area contributed by atoms with Crippen molar-refractivity contribution >= 4 is 24.0 Å².